The van der Waals surface area contributed by atoms with Gasteiger partial charge in [0.05, 0.1) is 12.5 Å². The van der Waals surface area contributed by atoms with E-state index in [0.29, 0.717) is 50.4 Å². The Balaban J connectivity index is 1.22. The van der Waals surface area contributed by atoms with Gasteiger partial charge in [-0.3, -0.25) is 19.3 Å². The molecule has 9 heteroatoms. The summed E-state index contributed by atoms with van der Waals surface area (Å²) in [5, 5.41) is 12.2. The van der Waals surface area contributed by atoms with Gasteiger partial charge in [0, 0.05) is 49.7 Å². The summed E-state index contributed by atoms with van der Waals surface area (Å²) >= 11 is 0. The first kappa shape index (κ1) is 22.6. The molecule has 0 unspecified atom stereocenters. The summed E-state index contributed by atoms with van der Waals surface area (Å²) < 4.78 is 0. The molecule has 2 fully saturated rings. The lowest BCUT2D eigenvalue weighted by Gasteiger charge is -2.36. The number of nitrogens with one attached hydrogen (secondary N) is 1. The zero-order valence-corrected chi connectivity index (χ0v) is 18.4. The summed E-state index contributed by atoms with van der Waals surface area (Å²) in [4.78, 5) is 42.7. The molecule has 0 saturated carbocycles. The van der Waals surface area contributed by atoms with E-state index in [1.54, 1.807) is 24.3 Å². The van der Waals surface area contributed by atoms with Crippen molar-refractivity contribution in [3.8, 4) is 5.75 Å². The third kappa shape index (κ3) is 5.61. The second kappa shape index (κ2) is 9.91. The summed E-state index contributed by atoms with van der Waals surface area (Å²) in [6.45, 7) is 4.30. The molecule has 2 heterocycles. The Morgan fingerprint density at radius 3 is 2.24 bits per heavy atom. The Bertz CT molecular complexity index is 1000. The van der Waals surface area contributed by atoms with Crippen LogP contribution in [0.4, 0.5) is 11.4 Å². The average Bonchev–Trinajstić information content (AvgIpc) is 3.29. The fourth-order valence-electron chi connectivity index (χ4n) is 4.32. The Hall–Kier alpha value is -3.59. The minimum Gasteiger partial charge on any atom is -0.508 e. The summed E-state index contributed by atoms with van der Waals surface area (Å²) in [6, 6.07) is 13.6. The van der Waals surface area contributed by atoms with Gasteiger partial charge in [0.1, 0.15) is 5.75 Å². The maximum Gasteiger partial charge on any atom is 0.248 e. The molecule has 0 aromatic heterocycles. The highest BCUT2D eigenvalue weighted by Gasteiger charge is 2.31. The van der Waals surface area contributed by atoms with E-state index < -0.39 is 5.91 Å². The number of primary amides is 1. The standard InChI is InChI=1S/C24H29N5O4/c25-23(32)17-1-5-20(6-2-17)28-11-13-29(14-12-28)22(31)16-27-10-9-18(15-27)24(33)26-19-3-7-21(30)8-4-19/h1-8,18,30H,9-16H2,(H2,25,32)(H,26,33)/t18-/m0/s1. The predicted molar refractivity (Wildman–Crippen MR) is 125 cm³/mol. The van der Waals surface area contributed by atoms with Gasteiger partial charge >= 0.3 is 0 Å². The van der Waals surface area contributed by atoms with E-state index in [2.05, 4.69) is 10.2 Å². The van der Waals surface area contributed by atoms with E-state index in [-0.39, 0.29) is 23.5 Å². The van der Waals surface area contributed by atoms with Gasteiger partial charge in [-0.05, 0) is 61.5 Å². The van der Waals surface area contributed by atoms with E-state index >= 15 is 0 Å². The van der Waals surface area contributed by atoms with Crippen LogP contribution >= 0.6 is 0 Å². The van der Waals surface area contributed by atoms with Gasteiger partial charge in [-0.25, -0.2) is 0 Å². The summed E-state index contributed by atoms with van der Waals surface area (Å²) in [5.41, 5.74) is 7.43. The maximum atomic E-state index is 12.8. The van der Waals surface area contributed by atoms with Crippen LogP contribution in [0.5, 0.6) is 5.75 Å². The van der Waals surface area contributed by atoms with Crippen LogP contribution < -0.4 is 16.0 Å². The van der Waals surface area contributed by atoms with Crippen LogP contribution in [0.15, 0.2) is 48.5 Å². The molecular formula is C24H29N5O4. The van der Waals surface area contributed by atoms with Crippen LogP contribution in [0, 0.1) is 5.92 Å². The number of anilines is 2. The molecule has 2 saturated heterocycles. The van der Waals surface area contributed by atoms with Gasteiger partial charge in [0.2, 0.25) is 17.7 Å². The van der Waals surface area contributed by atoms with Crippen molar-refractivity contribution in [2.24, 2.45) is 11.7 Å². The average molecular weight is 452 g/mol. The molecular weight excluding hydrogens is 422 g/mol. The SMILES string of the molecule is NC(=O)c1ccc(N2CCN(C(=O)CN3CC[C@H](C(=O)Nc4ccc(O)cc4)C3)CC2)cc1. The van der Waals surface area contributed by atoms with E-state index in [1.165, 1.54) is 12.1 Å². The first-order valence-corrected chi connectivity index (χ1v) is 11.1. The van der Waals surface area contributed by atoms with Crippen molar-refractivity contribution in [1.29, 1.82) is 0 Å². The summed E-state index contributed by atoms with van der Waals surface area (Å²) in [5.74, 6) is -0.434. The number of piperazine rings is 1. The number of rotatable bonds is 6. The quantitative estimate of drug-likeness (QED) is 0.566. The van der Waals surface area contributed by atoms with E-state index in [1.807, 2.05) is 21.9 Å². The molecule has 2 aromatic carbocycles. The van der Waals surface area contributed by atoms with Crippen molar-refractivity contribution in [2.45, 2.75) is 6.42 Å². The minimum atomic E-state index is -0.445. The number of benzene rings is 2. The number of likely N-dealkylation sites (tertiary alicyclic amines) is 1. The fourth-order valence-corrected chi connectivity index (χ4v) is 4.32. The summed E-state index contributed by atoms with van der Waals surface area (Å²) in [7, 11) is 0. The molecule has 0 aliphatic carbocycles. The van der Waals surface area contributed by atoms with Crippen molar-refractivity contribution < 1.29 is 19.5 Å². The number of aromatic hydroxyl groups is 1. The fraction of sp³-hybridized carbons (Fsp3) is 0.375. The Morgan fingerprint density at radius 1 is 0.939 bits per heavy atom. The second-order valence-corrected chi connectivity index (χ2v) is 8.54. The minimum absolute atomic E-state index is 0.0633. The van der Waals surface area contributed by atoms with Crippen LogP contribution in [0.3, 0.4) is 0 Å². The Labute approximate surface area is 192 Å². The van der Waals surface area contributed by atoms with Crippen LogP contribution in [-0.4, -0.2) is 78.4 Å². The van der Waals surface area contributed by atoms with E-state index in [4.69, 9.17) is 5.73 Å². The highest BCUT2D eigenvalue weighted by molar-refractivity contribution is 5.93. The first-order valence-electron chi connectivity index (χ1n) is 11.1. The van der Waals surface area contributed by atoms with Crippen molar-refractivity contribution in [1.82, 2.24) is 9.80 Å². The Kier molecular flexibility index (Phi) is 6.79. The summed E-state index contributed by atoms with van der Waals surface area (Å²) in [6.07, 6.45) is 0.715. The van der Waals surface area contributed by atoms with Crippen LogP contribution in [0.1, 0.15) is 16.8 Å². The monoisotopic (exact) mass is 451 g/mol. The lowest BCUT2D eigenvalue weighted by molar-refractivity contribution is -0.132. The van der Waals surface area contributed by atoms with Gasteiger partial charge < -0.3 is 26.0 Å². The maximum absolute atomic E-state index is 12.8. The molecule has 33 heavy (non-hydrogen) atoms. The van der Waals surface area contributed by atoms with Crippen LogP contribution in [0.2, 0.25) is 0 Å². The van der Waals surface area contributed by atoms with Crippen molar-refractivity contribution >= 4 is 29.1 Å². The molecule has 3 amide bonds. The topological polar surface area (TPSA) is 119 Å². The zero-order valence-electron chi connectivity index (χ0n) is 18.4. The van der Waals surface area contributed by atoms with Crippen molar-refractivity contribution in [3.63, 3.8) is 0 Å². The third-order valence-electron chi connectivity index (χ3n) is 6.29. The lowest BCUT2D eigenvalue weighted by Crippen LogP contribution is -2.51. The Morgan fingerprint density at radius 2 is 1.61 bits per heavy atom. The van der Waals surface area contributed by atoms with Crippen molar-refractivity contribution in [3.05, 3.63) is 54.1 Å². The zero-order chi connectivity index (χ0) is 23.4. The number of carbonyl (C=O) groups is 3. The number of phenols is 1. The first-order chi connectivity index (χ1) is 15.9. The van der Waals surface area contributed by atoms with Gasteiger partial charge in [-0.15, -0.1) is 0 Å². The van der Waals surface area contributed by atoms with Gasteiger partial charge in [0.15, 0.2) is 0 Å². The molecule has 0 radical (unpaired) electrons. The number of hydrogen-bond acceptors (Lipinski definition) is 6. The number of hydrogen-bond donors (Lipinski definition) is 3. The molecule has 1 atom stereocenters. The molecule has 2 aliphatic rings. The van der Waals surface area contributed by atoms with Gasteiger partial charge in [0.25, 0.3) is 0 Å². The number of nitrogens with zero attached hydrogens (tertiary/aromatic N) is 3. The third-order valence-corrected chi connectivity index (χ3v) is 6.29. The van der Waals surface area contributed by atoms with Crippen LogP contribution in [-0.2, 0) is 9.59 Å². The highest BCUT2D eigenvalue weighted by atomic mass is 16.3. The molecule has 4 N–H and O–H groups in total. The predicted octanol–water partition coefficient (Wildman–Crippen LogP) is 1.10. The number of amides is 3. The second-order valence-electron chi connectivity index (χ2n) is 8.54. The van der Waals surface area contributed by atoms with E-state index in [0.717, 1.165) is 18.8 Å². The molecule has 0 spiro atoms. The molecule has 2 aliphatic heterocycles. The smallest absolute Gasteiger partial charge is 0.248 e. The van der Waals surface area contributed by atoms with Crippen molar-refractivity contribution in [2.75, 3.05) is 56.0 Å². The number of phenolic OH excluding ortho intramolecular Hbond substituents is 1. The largest absolute Gasteiger partial charge is 0.508 e. The number of nitrogens with two attached hydrogens (primary N) is 1. The van der Waals surface area contributed by atoms with E-state index in [9.17, 15) is 19.5 Å². The highest BCUT2D eigenvalue weighted by Crippen LogP contribution is 2.21. The van der Waals surface area contributed by atoms with Crippen LogP contribution in [0.25, 0.3) is 0 Å². The number of carbonyl (C=O) groups excluding carboxylic acids is 3. The van der Waals surface area contributed by atoms with Gasteiger partial charge in [-0.1, -0.05) is 0 Å². The van der Waals surface area contributed by atoms with Gasteiger partial charge in [-0.2, -0.15) is 0 Å². The molecule has 2 aromatic rings. The lowest BCUT2D eigenvalue weighted by atomic mass is 10.1. The molecule has 0 bridgehead atoms. The normalized spacial score (nSPS) is 18.8. The molecule has 174 valence electrons. The molecule has 4 rings (SSSR count). The molecule has 9 nitrogen and oxygen atoms in total.